The van der Waals surface area contributed by atoms with Crippen LogP contribution in [0.1, 0.15) is 43.9 Å². The van der Waals surface area contributed by atoms with Crippen molar-refractivity contribution in [2.24, 2.45) is 11.7 Å². The fraction of sp³-hybridized carbons (Fsp3) is 0.393. The Bertz CT molecular complexity index is 1380. The number of anilines is 2. The Morgan fingerprint density at radius 1 is 0.897 bits per heavy atom. The Labute approximate surface area is 225 Å². The van der Waals surface area contributed by atoms with E-state index in [1.165, 1.54) is 0 Å². The first-order chi connectivity index (χ1) is 18.8. The third-order valence-electron chi connectivity index (χ3n) is 8.14. The van der Waals surface area contributed by atoms with Crippen LogP contribution in [0.4, 0.5) is 11.4 Å². The Balaban J connectivity index is 1.04. The number of fused-ring (bicyclic) bond motifs is 1. The van der Waals surface area contributed by atoms with Crippen molar-refractivity contribution < 1.29 is 24.0 Å². The number of nitrogens with zero attached hydrogens (tertiary/aromatic N) is 4. The van der Waals surface area contributed by atoms with Crippen molar-refractivity contribution in [2.75, 3.05) is 55.6 Å². The zero-order valence-corrected chi connectivity index (χ0v) is 21.5. The van der Waals surface area contributed by atoms with Crippen LogP contribution in [0.15, 0.2) is 42.5 Å². The number of para-hydroxylation sites is 1. The van der Waals surface area contributed by atoms with Crippen LogP contribution < -0.4 is 20.9 Å². The van der Waals surface area contributed by atoms with Gasteiger partial charge in [-0.25, -0.2) is 0 Å². The molecule has 4 heterocycles. The van der Waals surface area contributed by atoms with E-state index in [1.807, 2.05) is 24.3 Å². The second kappa shape index (κ2) is 9.81. The average Bonchev–Trinajstić information content (AvgIpc) is 3.15. The van der Waals surface area contributed by atoms with Crippen LogP contribution in [0.3, 0.4) is 0 Å². The standard InChI is InChI=1S/C28H30N6O5/c29-25(36)20-3-1-2-4-22(20)33-15-17(16-33)14-31-9-11-32(12-10-31)18-5-6-19-21(13-18)28(39)34(27(19)38)23-7-8-24(35)30-26(23)37/h1-6,13,17,23H,7-12,14-16H2,(H2,29,36)(H,30,35,37). The summed E-state index contributed by atoms with van der Waals surface area (Å²) < 4.78 is 0. The maximum Gasteiger partial charge on any atom is 0.262 e. The van der Waals surface area contributed by atoms with Gasteiger partial charge >= 0.3 is 0 Å². The minimum absolute atomic E-state index is 0.0961. The smallest absolute Gasteiger partial charge is 0.262 e. The maximum absolute atomic E-state index is 13.2. The van der Waals surface area contributed by atoms with Crippen molar-refractivity contribution in [3.8, 4) is 0 Å². The number of hydrogen-bond acceptors (Lipinski definition) is 8. The van der Waals surface area contributed by atoms with Gasteiger partial charge in [-0.1, -0.05) is 12.1 Å². The first kappa shape index (κ1) is 25.1. The number of hydrogen-bond donors (Lipinski definition) is 2. The van der Waals surface area contributed by atoms with Crippen LogP contribution in [-0.4, -0.2) is 91.2 Å². The average molecular weight is 531 g/mol. The molecule has 3 saturated heterocycles. The molecule has 2 aromatic rings. The second-order valence-electron chi connectivity index (χ2n) is 10.6. The van der Waals surface area contributed by atoms with Gasteiger partial charge in [0.15, 0.2) is 0 Å². The van der Waals surface area contributed by atoms with Crippen molar-refractivity contribution in [2.45, 2.75) is 18.9 Å². The molecule has 0 aliphatic carbocycles. The summed E-state index contributed by atoms with van der Waals surface area (Å²) in [6, 6.07) is 11.7. The van der Waals surface area contributed by atoms with E-state index in [-0.39, 0.29) is 12.8 Å². The lowest BCUT2D eigenvalue weighted by Gasteiger charge is -2.45. The van der Waals surface area contributed by atoms with Crippen LogP contribution in [-0.2, 0) is 9.59 Å². The summed E-state index contributed by atoms with van der Waals surface area (Å²) in [4.78, 5) is 69.5. The minimum atomic E-state index is -0.964. The van der Waals surface area contributed by atoms with Gasteiger partial charge < -0.3 is 15.5 Å². The number of nitrogens with two attached hydrogens (primary N) is 1. The van der Waals surface area contributed by atoms with Gasteiger partial charge in [0.1, 0.15) is 6.04 Å². The molecule has 39 heavy (non-hydrogen) atoms. The fourth-order valence-electron chi connectivity index (χ4n) is 6.05. The van der Waals surface area contributed by atoms with E-state index >= 15 is 0 Å². The molecule has 3 N–H and O–H groups in total. The lowest BCUT2D eigenvalue weighted by atomic mass is 9.96. The van der Waals surface area contributed by atoms with E-state index in [4.69, 9.17) is 5.73 Å². The minimum Gasteiger partial charge on any atom is -0.370 e. The van der Waals surface area contributed by atoms with Gasteiger partial charge in [0.25, 0.3) is 17.7 Å². The van der Waals surface area contributed by atoms with Crippen LogP contribution >= 0.6 is 0 Å². The second-order valence-corrected chi connectivity index (χ2v) is 10.6. The quantitative estimate of drug-likeness (QED) is 0.514. The number of amides is 5. The monoisotopic (exact) mass is 530 g/mol. The van der Waals surface area contributed by atoms with Gasteiger partial charge in [-0.2, -0.15) is 0 Å². The molecule has 11 heteroatoms. The lowest BCUT2D eigenvalue weighted by Crippen LogP contribution is -2.55. The number of nitrogens with one attached hydrogen (secondary N) is 1. The van der Waals surface area contributed by atoms with Crippen LogP contribution in [0.2, 0.25) is 0 Å². The molecular weight excluding hydrogens is 500 g/mol. The molecule has 6 rings (SSSR count). The van der Waals surface area contributed by atoms with Crippen molar-refractivity contribution in [3.63, 3.8) is 0 Å². The maximum atomic E-state index is 13.2. The third kappa shape index (κ3) is 4.52. The normalized spacial score (nSPS) is 22.2. The van der Waals surface area contributed by atoms with Crippen LogP contribution in [0.25, 0.3) is 0 Å². The van der Waals surface area contributed by atoms with Crippen molar-refractivity contribution >= 4 is 40.9 Å². The predicted octanol–water partition coefficient (Wildman–Crippen LogP) is 0.445. The molecule has 0 bridgehead atoms. The molecule has 0 spiro atoms. The molecule has 0 saturated carbocycles. The van der Waals surface area contributed by atoms with E-state index in [2.05, 4.69) is 20.0 Å². The Morgan fingerprint density at radius 3 is 2.33 bits per heavy atom. The summed E-state index contributed by atoms with van der Waals surface area (Å²) in [5.74, 6) is -1.88. The summed E-state index contributed by atoms with van der Waals surface area (Å²) in [5, 5.41) is 2.22. The van der Waals surface area contributed by atoms with E-state index in [0.717, 1.165) is 62.1 Å². The molecule has 202 valence electrons. The number of carbonyl (C=O) groups excluding carboxylic acids is 5. The largest absolute Gasteiger partial charge is 0.370 e. The number of primary amides is 1. The molecule has 4 aliphatic heterocycles. The molecule has 1 unspecified atom stereocenters. The van der Waals surface area contributed by atoms with Gasteiger partial charge in [0.2, 0.25) is 11.8 Å². The summed E-state index contributed by atoms with van der Waals surface area (Å²) >= 11 is 0. The predicted molar refractivity (Wildman–Crippen MR) is 142 cm³/mol. The summed E-state index contributed by atoms with van der Waals surface area (Å²) in [7, 11) is 0. The highest BCUT2D eigenvalue weighted by molar-refractivity contribution is 6.23. The molecule has 11 nitrogen and oxygen atoms in total. The Morgan fingerprint density at radius 2 is 1.62 bits per heavy atom. The summed E-state index contributed by atoms with van der Waals surface area (Å²) in [6.45, 7) is 6.07. The lowest BCUT2D eigenvalue weighted by molar-refractivity contribution is -0.136. The van der Waals surface area contributed by atoms with Crippen molar-refractivity contribution in [3.05, 3.63) is 59.2 Å². The zero-order chi connectivity index (χ0) is 27.3. The molecule has 0 radical (unpaired) electrons. The Kier molecular flexibility index (Phi) is 6.30. The van der Waals surface area contributed by atoms with E-state index in [1.54, 1.807) is 18.2 Å². The van der Waals surface area contributed by atoms with E-state index in [9.17, 15) is 24.0 Å². The van der Waals surface area contributed by atoms with Crippen molar-refractivity contribution in [1.82, 2.24) is 15.1 Å². The highest BCUT2D eigenvalue weighted by atomic mass is 16.2. The number of carbonyl (C=O) groups is 5. The number of rotatable bonds is 6. The highest BCUT2D eigenvalue weighted by Gasteiger charge is 2.44. The number of piperazine rings is 1. The molecule has 0 aromatic heterocycles. The SMILES string of the molecule is NC(=O)c1ccccc1N1CC(CN2CCN(c3ccc4c(c3)C(=O)N(C3CCC(=O)NC3=O)C4=O)CC2)C1. The molecule has 5 amide bonds. The number of piperidine rings is 1. The third-order valence-corrected chi connectivity index (χ3v) is 8.14. The van der Waals surface area contributed by atoms with Gasteiger partial charge in [0, 0.05) is 69.5 Å². The summed E-state index contributed by atoms with van der Waals surface area (Å²) in [5.41, 5.74) is 8.44. The first-order valence-electron chi connectivity index (χ1n) is 13.3. The zero-order valence-electron chi connectivity index (χ0n) is 21.5. The first-order valence-corrected chi connectivity index (χ1v) is 13.3. The molecule has 3 fully saturated rings. The van der Waals surface area contributed by atoms with Crippen LogP contribution in [0.5, 0.6) is 0 Å². The summed E-state index contributed by atoms with van der Waals surface area (Å²) in [6.07, 6.45) is 0.236. The Hall–Kier alpha value is -4.25. The van der Waals surface area contributed by atoms with Gasteiger partial charge in [-0.3, -0.25) is 39.1 Å². The van der Waals surface area contributed by atoms with Crippen LogP contribution in [0, 0.1) is 5.92 Å². The number of imide groups is 2. The molecule has 2 aromatic carbocycles. The molecular formula is C28H30N6O5. The molecule has 1 atom stereocenters. The van der Waals surface area contributed by atoms with Gasteiger partial charge in [-0.15, -0.1) is 0 Å². The topological polar surface area (TPSA) is 136 Å². The van der Waals surface area contributed by atoms with Gasteiger partial charge in [0.05, 0.1) is 16.7 Å². The van der Waals surface area contributed by atoms with E-state index < -0.39 is 35.6 Å². The van der Waals surface area contributed by atoms with Crippen molar-refractivity contribution in [1.29, 1.82) is 0 Å². The molecule has 4 aliphatic rings. The highest BCUT2D eigenvalue weighted by Crippen LogP contribution is 2.32. The fourth-order valence-corrected chi connectivity index (χ4v) is 6.05. The van der Waals surface area contributed by atoms with Gasteiger partial charge in [-0.05, 0) is 36.8 Å². The van der Waals surface area contributed by atoms with E-state index in [0.29, 0.717) is 22.6 Å². The number of benzene rings is 2.